The highest BCUT2D eigenvalue weighted by Crippen LogP contribution is 2.54. The molecular formula is C67H62N2O6. The number of aryl methyl sites for hydroxylation is 2. The molecule has 11 rings (SSSR count). The smallest absolute Gasteiger partial charge is 0.266 e. The Morgan fingerprint density at radius 3 is 1.33 bits per heavy atom. The number of imide groups is 2. The van der Waals surface area contributed by atoms with Crippen LogP contribution in [0.5, 0.6) is 23.0 Å². The average Bonchev–Trinajstić information content (AvgIpc) is 3.44. The van der Waals surface area contributed by atoms with Crippen LogP contribution in [-0.2, 0) is 12.8 Å². The van der Waals surface area contributed by atoms with Crippen LogP contribution in [-0.4, -0.2) is 23.6 Å². The second-order valence-corrected chi connectivity index (χ2v) is 22.1. The van der Waals surface area contributed by atoms with Crippen molar-refractivity contribution < 1.29 is 28.7 Å². The third-order valence-corrected chi connectivity index (χ3v) is 15.0. The zero-order chi connectivity index (χ0) is 52.8. The van der Waals surface area contributed by atoms with E-state index < -0.39 is 23.6 Å². The van der Waals surface area contributed by atoms with Crippen LogP contribution in [0.3, 0.4) is 0 Å². The quantitative estimate of drug-likeness (QED) is 0.0649. The first-order chi connectivity index (χ1) is 36.0. The van der Waals surface area contributed by atoms with Gasteiger partial charge in [0.2, 0.25) is 0 Å². The normalized spacial score (nSPS) is 14.1. The Bertz CT molecular complexity index is 3880. The molecule has 0 aromatic heterocycles. The van der Waals surface area contributed by atoms with Crippen LogP contribution in [0.15, 0.2) is 133 Å². The fraction of sp³-hybridized carbons (Fsp3) is 0.254. The topological polar surface area (TPSA) is 93.2 Å². The molecule has 0 bridgehead atoms. The first-order valence-electron chi connectivity index (χ1n) is 26.5. The maximum Gasteiger partial charge on any atom is 0.266 e. The summed E-state index contributed by atoms with van der Waals surface area (Å²) in [6.45, 7) is 21.2. The SMILES string of the molecule is CCCc1cccc(C(C)C)c1N1C(=O)c2ccc3c4c(Oc5ccc(/C(C)=C/C(C)(C)C)cc5)cc5c6c(ccc(c7c(Oc8ccccc8)cc(c2c37)C1=O)c64)C(=O)N(c1c(CCC)cccc1C(C)C)C5=O. The van der Waals surface area contributed by atoms with E-state index in [4.69, 9.17) is 9.47 Å². The summed E-state index contributed by atoms with van der Waals surface area (Å²) in [6.07, 6.45) is 5.27. The summed E-state index contributed by atoms with van der Waals surface area (Å²) >= 11 is 0. The number of carbonyl (C=O) groups excluding carboxylic acids is 4. The van der Waals surface area contributed by atoms with Gasteiger partial charge in [0, 0.05) is 43.4 Å². The molecule has 2 aliphatic rings. The molecule has 0 radical (unpaired) electrons. The van der Waals surface area contributed by atoms with Crippen molar-refractivity contribution in [3.8, 4) is 23.0 Å². The highest BCUT2D eigenvalue weighted by Gasteiger charge is 2.42. The molecule has 0 N–H and O–H groups in total. The summed E-state index contributed by atoms with van der Waals surface area (Å²) < 4.78 is 14.0. The number of hydrogen-bond acceptors (Lipinski definition) is 6. The number of amides is 4. The summed E-state index contributed by atoms with van der Waals surface area (Å²) in [4.78, 5) is 64.9. The maximum absolute atomic E-state index is 15.7. The maximum atomic E-state index is 15.7. The molecule has 2 heterocycles. The van der Waals surface area contributed by atoms with Gasteiger partial charge in [-0.3, -0.25) is 19.2 Å². The Morgan fingerprint density at radius 2 is 0.920 bits per heavy atom. The van der Waals surface area contributed by atoms with Gasteiger partial charge in [-0.2, -0.15) is 0 Å². The molecular weight excluding hydrogens is 929 g/mol. The van der Waals surface area contributed by atoms with Gasteiger partial charge in [0.1, 0.15) is 23.0 Å². The average molecular weight is 991 g/mol. The third-order valence-electron chi connectivity index (χ3n) is 15.0. The van der Waals surface area contributed by atoms with E-state index in [1.54, 1.807) is 12.1 Å². The van der Waals surface area contributed by atoms with Crippen molar-refractivity contribution in [1.82, 2.24) is 0 Å². The van der Waals surface area contributed by atoms with E-state index in [9.17, 15) is 0 Å². The molecule has 0 unspecified atom stereocenters. The number of para-hydroxylation sites is 3. The largest absolute Gasteiger partial charge is 0.457 e. The number of benzene rings is 9. The number of carbonyl (C=O) groups is 4. The number of hydrogen-bond donors (Lipinski definition) is 0. The monoisotopic (exact) mass is 990 g/mol. The van der Waals surface area contributed by atoms with Gasteiger partial charge in [-0.15, -0.1) is 0 Å². The zero-order valence-corrected chi connectivity index (χ0v) is 44.5. The summed E-state index contributed by atoms with van der Waals surface area (Å²) in [5.74, 6) is 0.225. The molecule has 4 amide bonds. The lowest BCUT2D eigenvalue weighted by Crippen LogP contribution is -2.42. The Kier molecular flexibility index (Phi) is 12.2. The van der Waals surface area contributed by atoms with Crippen LogP contribution in [0, 0.1) is 5.41 Å². The van der Waals surface area contributed by atoms with Crippen molar-refractivity contribution >= 4 is 83.7 Å². The molecule has 376 valence electrons. The lowest BCUT2D eigenvalue weighted by Gasteiger charge is -2.34. The summed E-state index contributed by atoms with van der Waals surface area (Å²) in [5, 5.41) is 4.95. The van der Waals surface area contributed by atoms with Gasteiger partial charge < -0.3 is 9.47 Å². The van der Waals surface area contributed by atoms with Crippen molar-refractivity contribution in [2.24, 2.45) is 5.41 Å². The summed E-state index contributed by atoms with van der Waals surface area (Å²) in [7, 11) is 0. The minimum atomic E-state index is -0.443. The minimum Gasteiger partial charge on any atom is -0.457 e. The lowest BCUT2D eigenvalue weighted by atomic mass is 9.81. The van der Waals surface area contributed by atoms with Crippen LogP contribution >= 0.6 is 0 Å². The predicted octanol–water partition coefficient (Wildman–Crippen LogP) is 17.5. The van der Waals surface area contributed by atoms with E-state index in [1.165, 1.54) is 9.80 Å². The van der Waals surface area contributed by atoms with Crippen molar-refractivity contribution in [3.05, 3.63) is 184 Å². The molecule has 9 aromatic carbocycles. The minimum absolute atomic E-state index is 0.0205. The number of allylic oxidation sites excluding steroid dienone is 2. The van der Waals surface area contributed by atoms with Crippen LogP contribution in [0.2, 0.25) is 0 Å². The van der Waals surface area contributed by atoms with Crippen LogP contribution in [0.25, 0.3) is 48.7 Å². The van der Waals surface area contributed by atoms with Gasteiger partial charge >= 0.3 is 0 Å². The third kappa shape index (κ3) is 8.04. The second-order valence-electron chi connectivity index (χ2n) is 22.1. The Balaban J connectivity index is 1.24. The molecule has 0 fully saturated rings. The molecule has 8 heteroatoms. The van der Waals surface area contributed by atoms with Crippen molar-refractivity contribution in [2.75, 3.05) is 9.80 Å². The number of anilines is 2. The van der Waals surface area contributed by atoms with Crippen LogP contribution in [0.4, 0.5) is 11.4 Å². The van der Waals surface area contributed by atoms with E-state index in [2.05, 4.69) is 75.3 Å². The van der Waals surface area contributed by atoms with Crippen molar-refractivity contribution in [2.45, 2.75) is 107 Å². The standard InChI is InChI=1S/C67H62N2O6/c1-11-18-41-20-16-24-45(37(3)4)61(41)68-63(70)49-33-31-48-58-54(75-44-28-26-40(27-29-44)39(7)36-67(8,9)10)35-52-56-50(64(71)69(66(52)73)62-42(19-12-2)21-17-25-46(62)38(5)6)32-30-47(60(56)58)57-53(74-43-22-14-13-15-23-43)34-51(65(68)72)55(49)59(48)57/h13-17,20-38H,11-12,18-19H2,1-10H3/b39-36+. The Labute approximate surface area is 438 Å². The van der Waals surface area contributed by atoms with Gasteiger partial charge in [0.05, 0.1) is 22.5 Å². The fourth-order valence-corrected chi connectivity index (χ4v) is 11.9. The van der Waals surface area contributed by atoms with Gasteiger partial charge in [-0.1, -0.05) is 160 Å². The number of nitrogens with zero attached hydrogens (tertiary/aromatic N) is 2. The number of rotatable bonds is 13. The molecule has 0 aliphatic carbocycles. The van der Waals surface area contributed by atoms with Gasteiger partial charge in [-0.25, -0.2) is 9.80 Å². The molecule has 0 spiro atoms. The van der Waals surface area contributed by atoms with E-state index in [0.717, 1.165) is 46.2 Å². The second kappa shape index (κ2) is 18.7. The van der Waals surface area contributed by atoms with E-state index in [1.807, 2.05) is 115 Å². The molecule has 0 saturated carbocycles. The summed E-state index contributed by atoms with van der Waals surface area (Å²) in [6, 6.07) is 40.5. The highest BCUT2D eigenvalue weighted by atomic mass is 16.5. The number of fused-ring (bicyclic) bond motifs is 2. The first kappa shape index (κ1) is 49.1. The van der Waals surface area contributed by atoms with E-state index in [-0.39, 0.29) is 17.3 Å². The first-order valence-corrected chi connectivity index (χ1v) is 26.5. The van der Waals surface area contributed by atoms with Crippen LogP contribution in [0.1, 0.15) is 163 Å². The van der Waals surface area contributed by atoms with Gasteiger partial charge in [0.15, 0.2) is 0 Å². The lowest BCUT2D eigenvalue weighted by molar-refractivity contribution is 0.0877. The van der Waals surface area contributed by atoms with Gasteiger partial charge in [0.25, 0.3) is 23.6 Å². The molecule has 0 atom stereocenters. The fourth-order valence-electron chi connectivity index (χ4n) is 11.9. The molecule has 0 saturated heterocycles. The van der Waals surface area contributed by atoms with Gasteiger partial charge in [-0.05, 0) is 130 Å². The predicted molar refractivity (Wildman–Crippen MR) is 305 cm³/mol. The Morgan fingerprint density at radius 1 is 0.493 bits per heavy atom. The van der Waals surface area contributed by atoms with Crippen molar-refractivity contribution in [1.29, 1.82) is 0 Å². The summed E-state index contributed by atoms with van der Waals surface area (Å²) in [5.41, 5.74) is 8.54. The Hall–Kier alpha value is -8.10. The highest BCUT2D eigenvalue weighted by molar-refractivity contribution is 6.46. The molecule has 2 aliphatic heterocycles. The molecule has 9 aromatic rings. The molecule has 75 heavy (non-hydrogen) atoms. The zero-order valence-electron chi connectivity index (χ0n) is 44.5. The molecule has 8 nitrogen and oxygen atoms in total. The van der Waals surface area contributed by atoms with E-state index in [0.29, 0.717) is 113 Å². The van der Waals surface area contributed by atoms with Crippen molar-refractivity contribution in [3.63, 3.8) is 0 Å². The van der Waals surface area contributed by atoms with Crippen LogP contribution < -0.4 is 19.3 Å². The number of ether oxygens (including phenoxy) is 2. The van der Waals surface area contributed by atoms with E-state index >= 15 is 19.2 Å².